The molecule has 14 heavy (non-hydrogen) atoms. The number of rotatable bonds is 2. The van der Waals surface area contributed by atoms with Crippen LogP contribution in [-0.4, -0.2) is 25.1 Å². The predicted octanol–water partition coefficient (Wildman–Crippen LogP) is 1.81. The van der Waals surface area contributed by atoms with E-state index in [-0.39, 0.29) is 11.4 Å². The lowest BCUT2D eigenvalue weighted by atomic mass is 10.1. The van der Waals surface area contributed by atoms with Gasteiger partial charge in [0.25, 0.3) is 0 Å². The van der Waals surface area contributed by atoms with Crippen LogP contribution in [0.15, 0.2) is 22.4 Å². The van der Waals surface area contributed by atoms with E-state index in [4.69, 9.17) is 15.6 Å². The zero-order chi connectivity index (χ0) is 11.1. The quantitative estimate of drug-likeness (QED) is 0.661. The zero-order valence-corrected chi connectivity index (χ0v) is 9.81. The molecule has 0 bridgehead atoms. The highest BCUT2D eigenvalue weighted by Crippen LogP contribution is 2.21. The molecule has 5 heteroatoms. The van der Waals surface area contributed by atoms with Gasteiger partial charge in [-0.05, 0) is 36.0 Å². The maximum atomic E-state index is 7.35. The molecule has 0 unspecified atom stereocenters. The number of hydrogen-bond donors (Lipinski definition) is 3. The second-order valence-electron chi connectivity index (χ2n) is 2.26. The third-order valence-corrected chi connectivity index (χ3v) is 1.99. The molecule has 0 aromatic heterocycles. The molecule has 4 nitrogen and oxygen atoms in total. The average molecular weight is 260 g/mol. The Morgan fingerprint density at radius 2 is 1.79 bits per heavy atom. The van der Waals surface area contributed by atoms with Crippen molar-refractivity contribution in [2.24, 2.45) is 5.73 Å². The van der Waals surface area contributed by atoms with Gasteiger partial charge < -0.3 is 10.5 Å². The van der Waals surface area contributed by atoms with E-state index < -0.39 is 0 Å². The topological polar surface area (TPSA) is 83.0 Å². The van der Waals surface area contributed by atoms with Crippen molar-refractivity contribution < 1.29 is 4.74 Å². The molecule has 0 aliphatic heterocycles. The first kappa shape index (κ1) is 13.1. The highest BCUT2D eigenvalue weighted by Gasteiger charge is 2.13. The molecular weight excluding hydrogens is 246 g/mol. The van der Waals surface area contributed by atoms with Crippen LogP contribution in [0.3, 0.4) is 0 Å². The van der Waals surface area contributed by atoms with Crippen molar-refractivity contribution >= 4 is 27.4 Å². The number of hydrogen-bond acceptors (Lipinski definition) is 4. The van der Waals surface area contributed by atoms with Gasteiger partial charge in [0.05, 0.1) is 22.5 Å². The van der Waals surface area contributed by atoms with Gasteiger partial charge in [-0.15, -0.1) is 0 Å². The number of allylic oxidation sites excluding steroid dienone is 3. The second kappa shape index (κ2) is 6.50. The number of nitrogens with two attached hydrogens (primary N) is 1. The van der Waals surface area contributed by atoms with Crippen molar-refractivity contribution in [2.75, 3.05) is 13.7 Å². The van der Waals surface area contributed by atoms with Crippen LogP contribution in [-0.2, 0) is 4.74 Å². The van der Waals surface area contributed by atoms with Gasteiger partial charge in [-0.3, -0.25) is 10.8 Å². The fourth-order valence-electron chi connectivity index (χ4n) is 0.820. The Labute approximate surface area is 92.0 Å². The molecule has 0 aromatic carbocycles. The van der Waals surface area contributed by atoms with Gasteiger partial charge in [-0.1, -0.05) is 0 Å². The van der Waals surface area contributed by atoms with Crippen LogP contribution in [0.5, 0.6) is 0 Å². The van der Waals surface area contributed by atoms with E-state index in [1.54, 1.807) is 6.08 Å². The van der Waals surface area contributed by atoms with E-state index in [1.807, 2.05) is 6.92 Å². The Balaban J connectivity index is 0.000000791. The lowest BCUT2D eigenvalue weighted by molar-refractivity contribution is 0.242. The van der Waals surface area contributed by atoms with Crippen LogP contribution in [0.25, 0.3) is 0 Å². The van der Waals surface area contributed by atoms with Gasteiger partial charge in [-0.25, -0.2) is 0 Å². The highest BCUT2D eigenvalue weighted by atomic mass is 79.9. The molecule has 0 radical (unpaired) electrons. The van der Waals surface area contributed by atoms with E-state index in [9.17, 15) is 0 Å². The maximum Gasteiger partial charge on any atom is 0.135 e. The third kappa shape index (κ3) is 3.43. The molecule has 0 fully saturated rings. The van der Waals surface area contributed by atoms with Crippen molar-refractivity contribution in [3.05, 3.63) is 22.4 Å². The van der Waals surface area contributed by atoms with Crippen LogP contribution in [0.2, 0.25) is 0 Å². The molecule has 1 aliphatic carbocycles. The summed E-state index contributed by atoms with van der Waals surface area (Å²) >= 11 is 3.25. The molecule has 0 aromatic rings. The van der Waals surface area contributed by atoms with Crippen molar-refractivity contribution in [3.8, 4) is 0 Å². The molecule has 1 aliphatic rings. The number of nitrogens with one attached hydrogen (secondary N) is 2. The average Bonchev–Trinajstić information content (AvgIpc) is 2.18. The highest BCUT2D eigenvalue weighted by molar-refractivity contribution is 9.12. The van der Waals surface area contributed by atoms with Crippen molar-refractivity contribution in [1.29, 1.82) is 10.8 Å². The molecule has 78 valence electrons. The minimum Gasteiger partial charge on any atom is -0.493 e. The summed E-state index contributed by atoms with van der Waals surface area (Å²) in [6, 6.07) is 0. The molecular formula is C9H14BrN3O. The molecule has 0 saturated heterocycles. The van der Waals surface area contributed by atoms with Crippen LogP contribution >= 0.6 is 15.9 Å². The van der Waals surface area contributed by atoms with Crippen LogP contribution in [0, 0.1) is 10.8 Å². The SMILES string of the molecule is CCOC1=CC(=N)C(=N)C=C1Br.CN. The summed E-state index contributed by atoms with van der Waals surface area (Å²) in [5.41, 5.74) is 4.88. The normalized spacial score (nSPS) is 15.1. The first-order valence-corrected chi connectivity index (χ1v) is 4.91. The summed E-state index contributed by atoms with van der Waals surface area (Å²) in [7, 11) is 1.50. The molecule has 0 heterocycles. The van der Waals surface area contributed by atoms with Crippen LogP contribution in [0.1, 0.15) is 6.92 Å². The Kier molecular flexibility index (Phi) is 6.07. The van der Waals surface area contributed by atoms with E-state index >= 15 is 0 Å². The Morgan fingerprint density at radius 1 is 1.29 bits per heavy atom. The lowest BCUT2D eigenvalue weighted by Gasteiger charge is -2.12. The summed E-state index contributed by atoms with van der Waals surface area (Å²) in [5.74, 6) is 0.624. The lowest BCUT2D eigenvalue weighted by Crippen LogP contribution is -2.13. The summed E-state index contributed by atoms with van der Waals surface area (Å²) in [6.07, 6.45) is 3.10. The van der Waals surface area contributed by atoms with Gasteiger partial charge in [0, 0.05) is 6.08 Å². The standard InChI is InChI=1S/C8H9BrN2O.CH5N/c1-2-12-8-4-7(11)6(10)3-5(8)9;1-2/h3-4,10-11H,2H2,1H3;2H2,1H3. The van der Waals surface area contributed by atoms with Crippen molar-refractivity contribution in [3.63, 3.8) is 0 Å². The fraction of sp³-hybridized carbons (Fsp3) is 0.333. The summed E-state index contributed by atoms with van der Waals surface area (Å²) in [5, 5.41) is 14.7. The van der Waals surface area contributed by atoms with Crippen molar-refractivity contribution in [1.82, 2.24) is 0 Å². The van der Waals surface area contributed by atoms with Gasteiger partial charge in [0.15, 0.2) is 0 Å². The monoisotopic (exact) mass is 259 g/mol. The minimum absolute atomic E-state index is 0.182. The fourth-order valence-corrected chi connectivity index (χ4v) is 1.28. The second-order valence-corrected chi connectivity index (χ2v) is 3.12. The van der Waals surface area contributed by atoms with E-state index in [2.05, 4.69) is 21.7 Å². The number of ether oxygens (including phenoxy) is 1. The summed E-state index contributed by atoms with van der Waals surface area (Å²) in [4.78, 5) is 0. The summed E-state index contributed by atoms with van der Waals surface area (Å²) in [6.45, 7) is 2.44. The molecule has 1 rings (SSSR count). The molecule has 0 saturated carbocycles. The third-order valence-electron chi connectivity index (χ3n) is 1.37. The number of halogens is 1. The van der Waals surface area contributed by atoms with E-state index in [1.165, 1.54) is 13.1 Å². The zero-order valence-electron chi connectivity index (χ0n) is 8.23. The van der Waals surface area contributed by atoms with E-state index in [0.717, 1.165) is 4.48 Å². The Morgan fingerprint density at radius 3 is 2.29 bits per heavy atom. The maximum absolute atomic E-state index is 7.35. The Hall–Kier alpha value is -0.940. The summed E-state index contributed by atoms with van der Waals surface area (Å²) < 4.78 is 5.95. The smallest absolute Gasteiger partial charge is 0.135 e. The molecule has 0 spiro atoms. The van der Waals surface area contributed by atoms with E-state index in [0.29, 0.717) is 12.4 Å². The van der Waals surface area contributed by atoms with Crippen molar-refractivity contribution in [2.45, 2.75) is 6.92 Å². The van der Waals surface area contributed by atoms with Crippen LogP contribution in [0.4, 0.5) is 0 Å². The largest absolute Gasteiger partial charge is 0.493 e. The minimum atomic E-state index is 0.182. The first-order chi connectivity index (χ1) is 6.65. The molecule has 0 atom stereocenters. The Bertz CT molecular complexity index is 294. The van der Waals surface area contributed by atoms with Gasteiger partial charge in [0.2, 0.25) is 0 Å². The first-order valence-electron chi connectivity index (χ1n) is 4.12. The molecule has 0 amide bonds. The van der Waals surface area contributed by atoms with Crippen LogP contribution < -0.4 is 5.73 Å². The van der Waals surface area contributed by atoms with Gasteiger partial charge in [-0.2, -0.15) is 0 Å². The van der Waals surface area contributed by atoms with Gasteiger partial charge in [0.1, 0.15) is 5.76 Å². The van der Waals surface area contributed by atoms with Gasteiger partial charge >= 0.3 is 0 Å². The predicted molar refractivity (Wildman–Crippen MR) is 62.3 cm³/mol. The molecule has 4 N–H and O–H groups in total.